The minimum Gasteiger partial charge on any atom is -0.496 e. The minimum atomic E-state index is -0.606. The Bertz CT molecular complexity index is 1610. The summed E-state index contributed by atoms with van der Waals surface area (Å²) in [6.07, 6.45) is 4.55. The average Bonchev–Trinajstić information content (AvgIpc) is 3.83. The number of aryl methyl sites for hydroxylation is 1. The van der Waals surface area contributed by atoms with Gasteiger partial charge in [-0.1, -0.05) is 73.3 Å². The highest BCUT2D eigenvalue weighted by Crippen LogP contribution is 2.41. The second-order valence-corrected chi connectivity index (χ2v) is 12.2. The van der Waals surface area contributed by atoms with E-state index in [0.29, 0.717) is 37.0 Å². The molecule has 0 spiro atoms. The summed E-state index contributed by atoms with van der Waals surface area (Å²) in [5.41, 5.74) is 4.28. The molecule has 2 fully saturated rings. The lowest BCUT2D eigenvalue weighted by Crippen LogP contribution is -2.43. The molecule has 6 rings (SSSR count). The first-order valence-corrected chi connectivity index (χ1v) is 16.2. The van der Waals surface area contributed by atoms with Crippen molar-refractivity contribution in [3.63, 3.8) is 0 Å². The van der Waals surface area contributed by atoms with Crippen molar-refractivity contribution in [3.05, 3.63) is 107 Å². The summed E-state index contributed by atoms with van der Waals surface area (Å²) in [5.74, 6) is 0.458. The Kier molecular flexibility index (Phi) is 9.49. The van der Waals surface area contributed by atoms with Gasteiger partial charge in [0.2, 0.25) is 11.8 Å². The summed E-state index contributed by atoms with van der Waals surface area (Å²) < 4.78 is 11.2. The molecule has 0 aliphatic carbocycles. The van der Waals surface area contributed by atoms with Crippen LogP contribution in [0.2, 0.25) is 0 Å². The molecular formula is C35H36N4O5S. The lowest BCUT2D eigenvalue weighted by Gasteiger charge is -2.23. The maximum absolute atomic E-state index is 13.7. The largest absolute Gasteiger partial charge is 0.496 e. The van der Waals surface area contributed by atoms with Crippen LogP contribution in [0.1, 0.15) is 48.1 Å². The zero-order valence-corrected chi connectivity index (χ0v) is 26.0. The predicted molar refractivity (Wildman–Crippen MR) is 175 cm³/mol. The Morgan fingerprint density at radius 1 is 1.04 bits per heavy atom. The first-order chi connectivity index (χ1) is 22.0. The molecular weight excluding hydrogens is 588 g/mol. The van der Waals surface area contributed by atoms with Crippen LogP contribution in [0.4, 0.5) is 16.2 Å². The van der Waals surface area contributed by atoms with E-state index < -0.39 is 17.4 Å². The number of ether oxygens (including phenoxy) is 2. The van der Waals surface area contributed by atoms with Gasteiger partial charge < -0.3 is 14.8 Å². The standard InChI is InChI=1S/C35H36N4O5S/c1-2-24-11-6-12-28(21-24)37-34-39(22-29-13-8-20-43-29)33(41)31(45-34)26-15-17-27(18-16-26)36-32(40)30-14-7-19-38(30)35(42)44-23-25-9-4-3-5-10-25/h3-6,9-13,15-18,21,30-31H,2,7-8,14,19-20,22-23H2,1H3,(H,36,40)/t30-,31?/m0/s1. The number of nitrogens with one attached hydrogen (secondary N) is 1. The summed E-state index contributed by atoms with van der Waals surface area (Å²) in [7, 11) is 0. The van der Waals surface area contributed by atoms with Gasteiger partial charge in [-0.15, -0.1) is 0 Å². The number of carbonyl (C=O) groups is 3. The van der Waals surface area contributed by atoms with E-state index in [0.717, 1.165) is 41.8 Å². The van der Waals surface area contributed by atoms with Crippen LogP contribution in [0.15, 0.2) is 95.7 Å². The van der Waals surface area contributed by atoms with E-state index in [9.17, 15) is 14.4 Å². The fourth-order valence-electron chi connectivity index (χ4n) is 5.62. The third kappa shape index (κ3) is 7.23. The van der Waals surface area contributed by atoms with Gasteiger partial charge in [-0.25, -0.2) is 9.79 Å². The number of nitrogens with zero attached hydrogens (tertiary/aromatic N) is 3. The van der Waals surface area contributed by atoms with Crippen molar-refractivity contribution < 1.29 is 23.9 Å². The van der Waals surface area contributed by atoms with Crippen molar-refractivity contribution in [2.45, 2.75) is 50.5 Å². The van der Waals surface area contributed by atoms with Crippen molar-refractivity contribution in [1.29, 1.82) is 0 Å². The molecule has 1 N–H and O–H groups in total. The van der Waals surface area contributed by atoms with Gasteiger partial charge in [0.05, 0.1) is 18.8 Å². The molecule has 3 amide bonds. The second kappa shape index (κ2) is 14.0. The van der Waals surface area contributed by atoms with Crippen LogP contribution in [-0.4, -0.2) is 58.6 Å². The van der Waals surface area contributed by atoms with E-state index in [1.54, 1.807) is 17.0 Å². The fourth-order valence-corrected chi connectivity index (χ4v) is 6.79. The zero-order chi connectivity index (χ0) is 31.2. The lowest BCUT2D eigenvalue weighted by molar-refractivity contribution is -0.126. The first kappa shape index (κ1) is 30.5. The number of thioether (sulfide) groups is 1. The normalized spacial score (nSPS) is 20.3. The molecule has 10 heteroatoms. The number of carbonyl (C=O) groups excluding carboxylic acids is 3. The lowest BCUT2D eigenvalue weighted by atomic mass is 10.1. The molecule has 3 aromatic rings. The first-order valence-electron chi connectivity index (χ1n) is 15.3. The van der Waals surface area contributed by atoms with Gasteiger partial charge in [-0.2, -0.15) is 0 Å². The minimum absolute atomic E-state index is 0.0609. The molecule has 3 aliphatic rings. The molecule has 3 heterocycles. The van der Waals surface area contributed by atoms with Crippen LogP contribution in [0.5, 0.6) is 0 Å². The van der Waals surface area contributed by atoms with Crippen molar-refractivity contribution in [3.8, 4) is 0 Å². The second-order valence-electron chi connectivity index (χ2n) is 11.2. The fraction of sp³-hybridized carbons (Fsp3) is 0.314. The Morgan fingerprint density at radius 2 is 1.84 bits per heavy atom. The van der Waals surface area contributed by atoms with E-state index in [1.807, 2.05) is 66.7 Å². The van der Waals surface area contributed by atoms with Crippen molar-refractivity contribution in [2.75, 3.05) is 25.0 Å². The van der Waals surface area contributed by atoms with Crippen LogP contribution in [0.3, 0.4) is 0 Å². The Labute approximate surface area is 267 Å². The summed E-state index contributed by atoms with van der Waals surface area (Å²) >= 11 is 1.42. The number of anilines is 1. The third-order valence-electron chi connectivity index (χ3n) is 8.06. The van der Waals surface area contributed by atoms with Crippen LogP contribution < -0.4 is 5.32 Å². The maximum Gasteiger partial charge on any atom is 0.410 e. The van der Waals surface area contributed by atoms with Crippen LogP contribution in [0, 0.1) is 0 Å². The smallest absolute Gasteiger partial charge is 0.410 e. The highest BCUT2D eigenvalue weighted by molar-refractivity contribution is 8.15. The number of hydrogen-bond acceptors (Lipinski definition) is 7. The van der Waals surface area contributed by atoms with Gasteiger partial charge in [0, 0.05) is 18.7 Å². The SMILES string of the molecule is CCc1cccc(N=C2SC(c3ccc(NC(=O)[C@@H]4CCCN4C(=O)OCc4ccccc4)cc3)C(=O)N2CC2=CCCO2)c1. The molecule has 232 valence electrons. The van der Waals surface area contributed by atoms with E-state index in [4.69, 9.17) is 14.5 Å². The molecule has 0 radical (unpaired) electrons. The third-order valence-corrected chi connectivity index (χ3v) is 9.29. The van der Waals surface area contributed by atoms with Gasteiger partial charge in [-0.05, 0) is 66.3 Å². The highest BCUT2D eigenvalue weighted by Gasteiger charge is 2.40. The van der Waals surface area contributed by atoms with Crippen LogP contribution in [0.25, 0.3) is 0 Å². The van der Waals surface area contributed by atoms with Gasteiger partial charge in [0.25, 0.3) is 0 Å². The van der Waals surface area contributed by atoms with Crippen LogP contribution >= 0.6 is 11.8 Å². The van der Waals surface area contributed by atoms with E-state index in [1.165, 1.54) is 22.2 Å². The molecule has 0 aromatic heterocycles. The van der Waals surface area contributed by atoms with Crippen molar-refractivity contribution >= 4 is 46.2 Å². The van der Waals surface area contributed by atoms with Gasteiger partial charge in [0.1, 0.15) is 23.7 Å². The van der Waals surface area contributed by atoms with Crippen LogP contribution in [-0.2, 0) is 32.1 Å². The number of aliphatic imine (C=N–C) groups is 1. The van der Waals surface area contributed by atoms with E-state index >= 15 is 0 Å². The number of amides is 3. The quantitative estimate of drug-likeness (QED) is 0.288. The molecule has 2 saturated heterocycles. The molecule has 2 atom stereocenters. The van der Waals surface area contributed by atoms with Crippen molar-refractivity contribution in [2.24, 2.45) is 4.99 Å². The molecule has 0 bridgehead atoms. The molecule has 9 nitrogen and oxygen atoms in total. The van der Waals surface area contributed by atoms with Gasteiger partial charge in [-0.3, -0.25) is 19.4 Å². The number of likely N-dealkylation sites (tertiary alicyclic amines) is 1. The zero-order valence-electron chi connectivity index (χ0n) is 25.2. The monoisotopic (exact) mass is 624 g/mol. The van der Waals surface area contributed by atoms with Gasteiger partial charge >= 0.3 is 6.09 Å². The Hall–Kier alpha value is -4.57. The number of benzene rings is 3. The number of amidine groups is 1. The Balaban J connectivity index is 1.12. The summed E-state index contributed by atoms with van der Waals surface area (Å²) in [4.78, 5) is 47.8. The molecule has 1 unspecified atom stereocenters. The maximum atomic E-state index is 13.7. The molecule has 3 aliphatic heterocycles. The summed E-state index contributed by atoms with van der Waals surface area (Å²) in [5, 5.41) is 3.10. The number of hydrogen-bond donors (Lipinski definition) is 1. The average molecular weight is 625 g/mol. The summed E-state index contributed by atoms with van der Waals surface area (Å²) in [6, 6.07) is 24.2. The molecule has 3 aromatic carbocycles. The molecule has 0 saturated carbocycles. The number of rotatable bonds is 9. The highest BCUT2D eigenvalue weighted by atomic mass is 32.2. The van der Waals surface area contributed by atoms with Crippen molar-refractivity contribution in [1.82, 2.24) is 9.80 Å². The Morgan fingerprint density at radius 3 is 2.60 bits per heavy atom. The van der Waals surface area contributed by atoms with Gasteiger partial charge in [0.15, 0.2) is 5.17 Å². The van der Waals surface area contributed by atoms with E-state index in [-0.39, 0.29) is 18.4 Å². The molecule has 45 heavy (non-hydrogen) atoms. The topological polar surface area (TPSA) is 101 Å². The van der Waals surface area contributed by atoms with E-state index in [2.05, 4.69) is 18.3 Å². The summed E-state index contributed by atoms with van der Waals surface area (Å²) in [6.45, 7) is 3.69. The predicted octanol–water partition coefficient (Wildman–Crippen LogP) is 6.60.